The highest BCUT2D eigenvalue weighted by Crippen LogP contribution is 2.32. The smallest absolute Gasteiger partial charge is 0.264 e. The highest BCUT2D eigenvalue weighted by atomic mass is 32.2. The van der Waals surface area contributed by atoms with E-state index in [1.807, 2.05) is 37.3 Å². The number of carbonyl (C=O) groups is 2. The fourth-order valence-corrected chi connectivity index (χ4v) is 5.72. The van der Waals surface area contributed by atoms with Gasteiger partial charge in [-0.25, -0.2) is 8.42 Å². The number of rotatable bonds is 13. The third kappa shape index (κ3) is 7.63. The largest absolute Gasteiger partial charge is 0.494 e. The van der Waals surface area contributed by atoms with Crippen LogP contribution >= 0.6 is 0 Å². The molecule has 4 rings (SSSR count). The minimum atomic E-state index is -4.27. The van der Waals surface area contributed by atoms with E-state index in [-0.39, 0.29) is 33.5 Å². The average molecular weight is 604 g/mol. The summed E-state index contributed by atoms with van der Waals surface area (Å²) >= 11 is 0. The Morgan fingerprint density at radius 1 is 0.814 bits per heavy atom. The molecule has 4 aromatic carbocycles. The van der Waals surface area contributed by atoms with E-state index in [0.29, 0.717) is 24.7 Å². The molecule has 0 saturated heterocycles. The fourth-order valence-electron chi connectivity index (χ4n) is 4.28. The highest BCUT2D eigenvalue weighted by Gasteiger charge is 2.29. The number of methoxy groups -OCH3 is 2. The monoisotopic (exact) mass is 603 g/mol. The van der Waals surface area contributed by atoms with E-state index in [2.05, 4.69) is 10.6 Å². The maximum atomic E-state index is 13.9. The number of ether oxygens (including phenoxy) is 3. The number of nitrogens with zero attached hydrogens (tertiary/aromatic N) is 1. The van der Waals surface area contributed by atoms with Crippen molar-refractivity contribution in [3.05, 3.63) is 108 Å². The average Bonchev–Trinajstić information content (AvgIpc) is 3.03. The van der Waals surface area contributed by atoms with Gasteiger partial charge in [0, 0.05) is 12.6 Å². The van der Waals surface area contributed by atoms with Crippen molar-refractivity contribution in [2.45, 2.75) is 18.4 Å². The van der Waals surface area contributed by atoms with Crippen LogP contribution in [0.3, 0.4) is 0 Å². The molecule has 0 fully saturated rings. The molecular weight excluding hydrogens is 570 g/mol. The topological polar surface area (TPSA) is 123 Å². The van der Waals surface area contributed by atoms with Gasteiger partial charge in [0.25, 0.3) is 15.9 Å². The van der Waals surface area contributed by atoms with Crippen molar-refractivity contribution >= 4 is 33.2 Å². The third-order valence-electron chi connectivity index (χ3n) is 6.41. The molecule has 0 aliphatic carbocycles. The van der Waals surface area contributed by atoms with Crippen LogP contribution in [0.4, 0.5) is 11.4 Å². The van der Waals surface area contributed by atoms with Crippen LogP contribution in [-0.4, -0.2) is 47.6 Å². The van der Waals surface area contributed by atoms with Gasteiger partial charge in [-0.15, -0.1) is 0 Å². The van der Waals surface area contributed by atoms with E-state index in [0.717, 1.165) is 9.87 Å². The molecule has 0 aromatic heterocycles. The normalized spacial score (nSPS) is 10.9. The zero-order valence-electron chi connectivity index (χ0n) is 24.1. The molecule has 0 bridgehead atoms. The van der Waals surface area contributed by atoms with Crippen molar-refractivity contribution in [2.75, 3.05) is 37.0 Å². The van der Waals surface area contributed by atoms with Gasteiger partial charge in [0.05, 0.1) is 42.7 Å². The number of nitrogens with one attached hydrogen (secondary N) is 2. The number of carbonyl (C=O) groups excluding carboxylic acids is 2. The second-order valence-electron chi connectivity index (χ2n) is 9.22. The molecule has 43 heavy (non-hydrogen) atoms. The van der Waals surface area contributed by atoms with Gasteiger partial charge in [-0.05, 0) is 61.0 Å². The van der Waals surface area contributed by atoms with E-state index in [1.165, 1.54) is 32.4 Å². The van der Waals surface area contributed by atoms with Crippen molar-refractivity contribution < 1.29 is 32.2 Å². The van der Waals surface area contributed by atoms with E-state index in [4.69, 9.17) is 14.2 Å². The lowest BCUT2D eigenvalue weighted by Crippen LogP contribution is -2.38. The maximum absolute atomic E-state index is 13.9. The highest BCUT2D eigenvalue weighted by molar-refractivity contribution is 7.92. The van der Waals surface area contributed by atoms with Gasteiger partial charge >= 0.3 is 0 Å². The first-order chi connectivity index (χ1) is 20.8. The number of benzene rings is 4. The summed E-state index contributed by atoms with van der Waals surface area (Å²) in [5, 5.41) is 5.56. The van der Waals surface area contributed by atoms with Crippen LogP contribution in [0.2, 0.25) is 0 Å². The number of sulfonamides is 1. The first kappa shape index (κ1) is 30.9. The lowest BCUT2D eigenvalue weighted by Gasteiger charge is -2.25. The Balaban J connectivity index is 1.61. The van der Waals surface area contributed by atoms with Gasteiger partial charge in [0.1, 0.15) is 12.3 Å². The van der Waals surface area contributed by atoms with Crippen LogP contribution in [0.25, 0.3) is 0 Å². The number of para-hydroxylation sites is 1. The summed E-state index contributed by atoms with van der Waals surface area (Å²) in [5.74, 6) is 0.0843. The number of hydrogen-bond donors (Lipinski definition) is 2. The van der Waals surface area contributed by atoms with Crippen LogP contribution < -0.4 is 29.1 Å². The summed E-state index contributed by atoms with van der Waals surface area (Å²) < 4.78 is 44.9. The van der Waals surface area contributed by atoms with E-state index < -0.39 is 22.5 Å². The molecule has 0 aliphatic rings. The molecule has 2 amide bonds. The van der Waals surface area contributed by atoms with Crippen molar-refractivity contribution in [3.63, 3.8) is 0 Å². The standard InChI is InChI=1S/C32H33N3O7S/c1-4-42-25-16-14-24(15-17-25)35(43(38,39)26-18-19-29(40-2)30(20-26)41-3)22-31(36)34-28-13-9-8-12-27(28)32(37)33-21-23-10-6-5-7-11-23/h5-20H,4,21-22H2,1-3H3,(H,33,37)(H,34,36). The van der Waals surface area contributed by atoms with Gasteiger partial charge in [-0.3, -0.25) is 13.9 Å². The van der Waals surface area contributed by atoms with Gasteiger partial charge in [0.15, 0.2) is 11.5 Å². The van der Waals surface area contributed by atoms with Gasteiger partial charge < -0.3 is 24.8 Å². The molecule has 0 saturated carbocycles. The number of hydrogen-bond acceptors (Lipinski definition) is 7. The van der Waals surface area contributed by atoms with Crippen LogP contribution in [0.15, 0.2) is 102 Å². The van der Waals surface area contributed by atoms with Gasteiger partial charge in [-0.1, -0.05) is 42.5 Å². The second-order valence-corrected chi connectivity index (χ2v) is 11.1. The Morgan fingerprint density at radius 3 is 2.16 bits per heavy atom. The first-order valence-corrected chi connectivity index (χ1v) is 14.9. The summed E-state index contributed by atoms with van der Waals surface area (Å²) in [6.45, 7) is 2.00. The molecule has 11 heteroatoms. The minimum Gasteiger partial charge on any atom is -0.494 e. The predicted molar refractivity (Wildman–Crippen MR) is 164 cm³/mol. The van der Waals surface area contributed by atoms with Crippen molar-refractivity contribution in [1.29, 1.82) is 0 Å². The molecule has 0 spiro atoms. The zero-order chi connectivity index (χ0) is 30.8. The second kappa shape index (κ2) is 14.2. The molecule has 4 aromatic rings. The molecule has 0 heterocycles. The molecule has 224 valence electrons. The zero-order valence-corrected chi connectivity index (χ0v) is 24.9. The van der Waals surface area contributed by atoms with E-state index in [9.17, 15) is 18.0 Å². The molecule has 10 nitrogen and oxygen atoms in total. The lowest BCUT2D eigenvalue weighted by molar-refractivity contribution is -0.114. The minimum absolute atomic E-state index is 0.104. The summed E-state index contributed by atoms with van der Waals surface area (Å²) in [4.78, 5) is 26.3. The Labute approximate surface area is 251 Å². The molecule has 0 unspecified atom stereocenters. The van der Waals surface area contributed by atoms with Gasteiger partial charge in [-0.2, -0.15) is 0 Å². The van der Waals surface area contributed by atoms with Crippen molar-refractivity contribution in [1.82, 2.24) is 5.32 Å². The molecule has 2 N–H and O–H groups in total. The van der Waals surface area contributed by atoms with Crippen LogP contribution in [0.1, 0.15) is 22.8 Å². The lowest BCUT2D eigenvalue weighted by atomic mass is 10.1. The quantitative estimate of drug-likeness (QED) is 0.224. The predicted octanol–water partition coefficient (Wildman–Crippen LogP) is 4.87. The fraction of sp³-hybridized carbons (Fsp3) is 0.188. The van der Waals surface area contributed by atoms with Crippen LogP contribution in [-0.2, 0) is 21.4 Å². The van der Waals surface area contributed by atoms with Crippen molar-refractivity contribution in [2.24, 2.45) is 0 Å². The van der Waals surface area contributed by atoms with E-state index >= 15 is 0 Å². The first-order valence-electron chi connectivity index (χ1n) is 13.5. The Hall–Kier alpha value is -5.03. The van der Waals surface area contributed by atoms with Gasteiger partial charge in [0.2, 0.25) is 5.91 Å². The summed E-state index contributed by atoms with van der Waals surface area (Å²) in [5.41, 5.74) is 1.64. The molecule has 0 aliphatic heterocycles. The van der Waals surface area contributed by atoms with E-state index in [1.54, 1.807) is 48.5 Å². The van der Waals surface area contributed by atoms with Crippen LogP contribution in [0, 0.1) is 0 Å². The molecule has 0 atom stereocenters. The number of anilines is 2. The summed E-state index contributed by atoms with van der Waals surface area (Å²) in [6, 6.07) is 26.5. The number of amides is 2. The molecular formula is C32H33N3O7S. The van der Waals surface area contributed by atoms with Crippen LogP contribution in [0.5, 0.6) is 17.2 Å². The third-order valence-corrected chi connectivity index (χ3v) is 8.18. The Bertz CT molecular complexity index is 1660. The maximum Gasteiger partial charge on any atom is 0.264 e. The SMILES string of the molecule is CCOc1ccc(N(CC(=O)Nc2ccccc2C(=O)NCc2ccccc2)S(=O)(=O)c2ccc(OC)c(OC)c2)cc1. The molecule has 0 radical (unpaired) electrons. The summed E-state index contributed by atoms with van der Waals surface area (Å²) in [7, 11) is -1.42. The Kier molecular flexibility index (Phi) is 10.2. The summed E-state index contributed by atoms with van der Waals surface area (Å²) in [6.07, 6.45) is 0. The Morgan fingerprint density at radius 2 is 1.49 bits per heavy atom. The van der Waals surface area contributed by atoms with Crippen molar-refractivity contribution in [3.8, 4) is 17.2 Å².